The van der Waals surface area contributed by atoms with Crippen LogP contribution in [0.2, 0.25) is 5.02 Å². The normalized spacial score (nSPS) is 15.2. The lowest BCUT2D eigenvalue weighted by Gasteiger charge is -2.36. The van der Waals surface area contributed by atoms with E-state index in [1.54, 1.807) is 17.0 Å². The fraction of sp³-hybridized carbons (Fsp3) is 0.278. The summed E-state index contributed by atoms with van der Waals surface area (Å²) >= 11 is 6.11. The number of piperazine rings is 1. The molecule has 1 saturated heterocycles. The Bertz CT molecular complexity index is 924. The summed E-state index contributed by atoms with van der Waals surface area (Å²) in [6.45, 7) is 2.13. The van der Waals surface area contributed by atoms with Crippen molar-refractivity contribution in [3.8, 4) is 0 Å². The molecule has 2 aromatic carbocycles. The van der Waals surface area contributed by atoms with Crippen LogP contribution in [0.15, 0.2) is 47.4 Å². The molecule has 138 valence electrons. The maximum absolute atomic E-state index is 13.0. The molecule has 0 bridgehead atoms. The monoisotopic (exact) mass is 396 g/mol. The van der Waals surface area contributed by atoms with Crippen molar-refractivity contribution >= 4 is 33.0 Å². The van der Waals surface area contributed by atoms with E-state index in [4.69, 9.17) is 11.6 Å². The molecular weight excluding hydrogens is 379 g/mol. The summed E-state index contributed by atoms with van der Waals surface area (Å²) in [5.74, 6) is -0.581. The van der Waals surface area contributed by atoms with Gasteiger partial charge >= 0.3 is 0 Å². The molecule has 0 aliphatic carbocycles. The van der Waals surface area contributed by atoms with Crippen molar-refractivity contribution in [2.75, 3.05) is 37.3 Å². The van der Waals surface area contributed by atoms with E-state index in [9.17, 15) is 17.6 Å². The van der Waals surface area contributed by atoms with Crippen LogP contribution >= 0.6 is 11.6 Å². The summed E-state index contributed by atoms with van der Waals surface area (Å²) in [4.78, 5) is 16.5. The minimum Gasteiger partial charge on any atom is -0.368 e. The number of hydrogen-bond acceptors (Lipinski definition) is 4. The van der Waals surface area contributed by atoms with Gasteiger partial charge in [-0.25, -0.2) is 12.8 Å². The van der Waals surface area contributed by atoms with Crippen molar-refractivity contribution in [2.45, 2.75) is 4.90 Å². The van der Waals surface area contributed by atoms with Gasteiger partial charge in [0.15, 0.2) is 9.84 Å². The van der Waals surface area contributed by atoms with Gasteiger partial charge < -0.3 is 9.80 Å². The number of sulfone groups is 1. The average molecular weight is 397 g/mol. The van der Waals surface area contributed by atoms with Crippen molar-refractivity contribution < 1.29 is 17.6 Å². The van der Waals surface area contributed by atoms with E-state index in [0.29, 0.717) is 26.2 Å². The van der Waals surface area contributed by atoms with Gasteiger partial charge in [-0.15, -0.1) is 0 Å². The Kier molecular flexibility index (Phi) is 5.20. The Morgan fingerprint density at radius 3 is 2.23 bits per heavy atom. The topological polar surface area (TPSA) is 57.7 Å². The Morgan fingerprint density at radius 2 is 1.65 bits per heavy atom. The molecule has 1 aliphatic heterocycles. The zero-order valence-electron chi connectivity index (χ0n) is 14.2. The van der Waals surface area contributed by atoms with Gasteiger partial charge in [-0.3, -0.25) is 4.79 Å². The molecule has 0 spiro atoms. The first-order valence-electron chi connectivity index (χ1n) is 8.05. The second-order valence-electron chi connectivity index (χ2n) is 6.17. The fourth-order valence-electron chi connectivity index (χ4n) is 2.89. The number of carbonyl (C=O) groups is 1. The molecule has 0 N–H and O–H groups in total. The molecule has 0 saturated carbocycles. The fourth-order valence-corrected chi connectivity index (χ4v) is 3.73. The predicted molar refractivity (Wildman–Crippen MR) is 99.1 cm³/mol. The number of anilines is 1. The highest BCUT2D eigenvalue weighted by molar-refractivity contribution is 7.90. The maximum atomic E-state index is 13.0. The molecule has 0 atom stereocenters. The smallest absolute Gasteiger partial charge is 0.255 e. The zero-order valence-corrected chi connectivity index (χ0v) is 15.7. The Labute approximate surface area is 156 Å². The first-order valence-corrected chi connectivity index (χ1v) is 10.3. The van der Waals surface area contributed by atoms with Crippen molar-refractivity contribution in [1.29, 1.82) is 0 Å². The minimum atomic E-state index is -3.42. The number of nitrogens with zero attached hydrogens (tertiary/aromatic N) is 2. The van der Waals surface area contributed by atoms with Crippen molar-refractivity contribution in [1.82, 2.24) is 4.90 Å². The third kappa shape index (κ3) is 3.99. The third-order valence-electron chi connectivity index (χ3n) is 4.36. The Hall–Kier alpha value is -2.12. The zero-order chi connectivity index (χ0) is 18.9. The summed E-state index contributed by atoms with van der Waals surface area (Å²) in [6.07, 6.45) is 1.09. The number of benzene rings is 2. The first kappa shape index (κ1) is 18.7. The van der Waals surface area contributed by atoms with Crippen LogP contribution in [-0.4, -0.2) is 51.7 Å². The molecule has 26 heavy (non-hydrogen) atoms. The van der Waals surface area contributed by atoms with E-state index >= 15 is 0 Å². The van der Waals surface area contributed by atoms with E-state index in [0.717, 1.165) is 11.9 Å². The number of hydrogen-bond donors (Lipinski definition) is 0. The lowest BCUT2D eigenvalue weighted by atomic mass is 10.1. The van der Waals surface area contributed by atoms with E-state index in [2.05, 4.69) is 4.90 Å². The molecule has 1 aliphatic rings. The van der Waals surface area contributed by atoms with Gasteiger partial charge in [0.25, 0.3) is 5.91 Å². The number of rotatable bonds is 3. The number of halogens is 2. The molecule has 8 heteroatoms. The molecule has 2 aromatic rings. The summed E-state index contributed by atoms with van der Waals surface area (Å²) in [7, 11) is -3.42. The molecular formula is C18H18ClFN2O3S. The largest absolute Gasteiger partial charge is 0.368 e. The van der Waals surface area contributed by atoms with E-state index < -0.39 is 9.84 Å². The second-order valence-corrected chi connectivity index (χ2v) is 8.59. The van der Waals surface area contributed by atoms with E-state index in [-0.39, 0.29) is 27.2 Å². The minimum absolute atomic E-state index is 0.0650. The lowest BCUT2D eigenvalue weighted by Crippen LogP contribution is -2.48. The molecule has 1 heterocycles. The lowest BCUT2D eigenvalue weighted by molar-refractivity contribution is 0.0746. The van der Waals surface area contributed by atoms with Gasteiger partial charge in [-0.1, -0.05) is 11.6 Å². The quantitative estimate of drug-likeness (QED) is 0.800. The van der Waals surface area contributed by atoms with E-state index in [1.165, 1.54) is 30.3 Å². The maximum Gasteiger partial charge on any atom is 0.255 e. The first-order chi connectivity index (χ1) is 12.3. The van der Waals surface area contributed by atoms with Crippen molar-refractivity contribution in [3.63, 3.8) is 0 Å². The highest BCUT2D eigenvalue weighted by Gasteiger charge is 2.25. The molecule has 0 radical (unpaired) electrons. The summed E-state index contributed by atoms with van der Waals surface area (Å²) in [5, 5.41) is 0.225. The summed E-state index contributed by atoms with van der Waals surface area (Å²) in [6, 6.07) is 10.4. The highest BCUT2D eigenvalue weighted by Crippen LogP contribution is 2.23. The van der Waals surface area contributed by atoms with Crippen LogP contribution in [0.25, 0.3) is 0 Å². The predicted octanol–water partition coefficient (Wildman–Crippen LogP) is 2.85. The van der Waals surface area contributed by atoms with Gasteiger partial charge in [0.05, 0.1) is 15.5 Å². The van der Waals surface area contributed by atoms with Crippen molar-refractivity contribution in [3.05, 3.63) is 58.9 Å². The molecule has 5 nitrogen and oxygen atoms in total. The Balaban J connectivity index is 1.73. The molecule has 1 amide bonds. The third-order valence-corrected chi connectivity index (χ3v) is 5.79. The van der Waals surface area contributed by atoms with Gasteiger partial charge in [-0.05, 0) is 42.5 Å². The van der Waals surface area contributed by atoms with Crippen LogP contribution in [0.1, 0.15) is 10.4 Å². The van der Waals surface area contributed by atoms with Crippen LogP contribution in [0.4, 0.5) is 10.1 Å². The SMILES string of the molecule is CS(=O)(=O)c1ccc(Cl)c(C(=O)N2CCN(c3ccc(F)cc3)CC2)c1. The van der Waals surface area contributed by atoms with Gasteiger partial charge in [-0.2, -0.15) is 0 Å². The molecule has 0 aromatic heterocycles. The van der Waals surface area contributed by atoms with Gasteiger partial charge in [0.1, 0.15) is 5.82 Å². The van der Waals surface area contributed by atoms with Crippen LogP contribution < -0.4 is 4.90 Å². The summed E-state index contributed by atoms with van der Waals surface area (Å²) < 4.78 is 36.5. The van der Waals surface area contributed by atoms with Crippen molar-refractivity contribution in [2.24, 2.45) is 0 Å². The Morgan fingerprint density at radius 1 is 1.04 bits per heavy atom. The van der Waals surface area contributed by atoms with Crippen LogP contribution in [0.3, 0.4) is 0 Å². The average Bonchev–Trinajstić information content (AvgIpc) is 2.61. The standard InChI is InChI=1S/C18H18ClFN2O3S/c1-26(24,25)15-6-7-17(19)16(12-15)18(23)22-10-8-21(9-11-22)14-4-2-13(20)3-5-14/h2-7,12H,8-11H2,1H3. The molecule has 0 unspecified atom stereocenters. The number of amides is 1. The number of carbonyl (C=O) groups excluding carboxylic acids is 1. The molecule has 3 rings (SSSR count). The van der Waals surface area contributed by atoms with E-state index in [1.807, 2.05) is 0 Å². The van der Waals surface area contributed by atoms with Gasteiger partial charge in [0.2, 0.25) is 0 Å². The summed E-state index contributed by atoms with van der Waals surface area (Å²) in [5.41, 5.74) is 1.08. The molecule has 1 fully saturated rings. The van der Waals surface area contributed by atoms with Crippen LogP contribution in [0.5, 0.6) is 0 Å². The van der Waals surface area contributed by atoms with Gasteiger partial charge in [0, 0.05) is 38.1 Å². The second kappa shape index (κ2) is 7.25. The van der Waals surface area contributed by atoms with Crippen LogP contribution in [-0.2, 0) is 9.84 Å². The highest BCUT2D eigenvalue weighted by atomic mass is 35.5. The van der Waals surface area contributed by atoms with Crippen LogP contribution in [0, 0.1) is 5.82 Å².